The summed E-state index contributed by atoms with van der Waals surface area (Å²) in [4.78, 5) is 0. The number of ether oxygens (including phenoxy) is 1. The summed E-state index contributed by atoms with van der Waals surface area (Å²) in [6.45, 7) is 7.61. The van der Waals surface area contributed by atoms with Crippen LogP contribution < -0.4 is 0 Å². The van der Waals surface area contributed by atoms with Crippen molar-refractivity contribution in [2.45, 2.75) is 37.4 Å². The lowest BCUT2D eigenvalue weighted by Gasteiger charge is -2.27. The molecule has 0 unspecified atom stereocenters. The van der Waals surface area contributed by atoms with Gasteiger partial charge < -0.3 is 4.74 Å². The zero-order chi connectivity index (χ0) is 11.6. The smallest absolute Gasteiger partial charge is 0.0748 e. The fourth-order valence-corrected chi connectivity index (χ4v) is 3.77. The first-order valence-corrected chi connectivity index (χ1v) is 6.94. The van der Waals surface area contributed by atoms with Gasteiger partial charge in [-0.05, 0) is 25.3 Å². The summed E-state index contributed by atoms with van der Waals surface area (Å²) in [5, 5.41) is 0.604. The fourth-order valence-electron chi connectivity index (χ4n) is 2.33. The Morgan fingerprint density at radius 2 is 2.00 bits per heavy atom. The molecule has 1 aliphatic rings. The molecule has 1 aromatic rings. The molecule has 1 aromatic carbocycles. The van der Waals surface area contributed by atoms with Gasteiger partial charge in [-0.25, -0.2) is 0 Å². The van der Waals surface area contributed by atoms with Crippen LogP contribution in [0.1, 0.15) is 26.3 Å². The molecule has 0 aromatic heterocycles. The zero-order valence-corrected chi connectivity index (χ0v) is 11.1. The summed E-state index contributed by atoms with van der Waals surface area (Å²) >= 11 is 2.03. The third kappa shape index (κ3) is 2.61. The maximum atomic E-state index is 5.83. The molecule has 0 N–H and O–H groups in total. The minimum Gasteiger partial charge on any atom is -0.374 e. The maximum Gasteiger partial charge on any atom is 0.0748 e. The topological polar surface area (TPSA) is 9.23 Å². The fraction of sp³-hybridized carbons (Fsp3) is 0.571. The molecule has 0 aliphatic carbocycles. The van der Waals surface area contributed by atoms with Gasteiger partial charge in [-0.1, -0.05) is 37.3 Å². The molecule has 1 fully saturated rings. The van der Waals surface area contributed by atoms with Crippen molar-refractivity contribution in [1.29, 1.82) is 0 Å². The Bertz CT molecular complexity index is 334. The molecular formula is C14H20OS. The van der Waals surface area contributed by atoms with Crippen molar-refractivity contribution in [3.05, 3.63) is 35.9 Å². The van der Waals surface area contributed by atoms with Crippen LogP contribution >= 0.6 is 11.8 Å². The van der Waals surface area contributed by atoms with Crippen molar-refractivity contribution in [2.75, 3.05) is 6.61 Å². The number of benzene rings is 1. The standard InChI is InChI=1S/C14H20OS/c1-11-9-15-14(2,3)13(11)16-10-12-7-5-4-6-8-12/h4-8,11,13H,9-10H2,1-3H3/t11-,13-/m1/s1. The molecule has 88 valence electrons. The number of rotatable bonds is 3. The van der Waals surface area contributed by atoms with E-state index < -0.39 is 0 Å². The molecule has 1 saturated heterocycles. The number of hydrogen-bond acceptors (Lipinski definition) is 2. The van der Waals surface area contributed by atoms with Gasteiger partial charge in [-0.3, -0.25) is 0 Å². The van der Waals surface area contributed by atoms with Gasteiger partial charge in [0, 0.05) is 11.0 Å². The second-order valence-corrected chi connectivity index (χ2v) is 6.24. The predicted molar refractivity (Wildman–Crippen MR) is 70.7 cm³/mol. The van der Waals surface area contributed by atoms with Crippen LogP contribution in [0.5, 0.6) is 0 Å². The van der Waals surface area contributed by atoms with Crippen LogP contribution in [0.4, 0.5) is 0 Å². The molecule has 0 bridgehead atoms. The summed E-state index contributed by atoms with van der Waals surface area (Å²) in [5.74, 6) is 1.74. The predicted octanol–water partition coefficient (Wildman–Crippen LogP) is 3.73. The van der Waals surface area contributed by atoms with Crippen LogP contribution in [0, 0.1) is 5.92 Å². The van der Waals surface area contributed by atoms with E-state index >= 15 is 0 Å². The minimum absolute atomic E-state index is 0.0267. The second kappa shape index (κ2) is 4.80. The van der Waals surface area contributed by atoms with Gasteiger partial charge in [0.25, 0.3) is 0 Å². The Kier molecular flexibility index (Phi) is 3.60. The van der Waals surface area contributed by atoms with E-state index in [0.717, 1.165) is 12.4 Å². The lowest BCUT2D eigenvalue weighted by Crippen LogP contribution is -2.32. The highest BCUT2D eigenvalue weighted by Gasteiger charge is 2.41. The second-order valence-electron chi connectivity index (χ2n) is 5.11. The van der Waals surface area contributed by atoms with Gasteiger partial charge in [-0.15, -0.1) is 0 Å². The zero-order valence-electron chi connectivity index (χ0n) is 10.3. The first kappa shape index (κ1) is 12.0. The van der Waals surface area contributed by atoms with Gasteiger partial charge in [-0.2, -0.15) is 11.8 Å². The monoisotopic (exact) mass is 236 g/mol. The highest BCUT2D eigenvalue weighted by atomic mass is 32.2. The lowest BCUT2D eigenvalue weighted by atomic mass is 9.99. The van der Waals surface area contributed by atoms with Crippen molar-refractivity contribution < 1.29 is 4.74 Å². The van der Waals surface area contributed by atoms with Crippen molar-refractivity contribution in [2.24, 2.45) is 5.92 Å². The average Bonchev–Trinajstić information content (AvgIpc) is 2.52. The summed E-state index contributed by atoms with van der Waals surface area (Å²) in [6, 6.07) is 10.7. The van der Waals surface area contributed by atoms with E-state index in [-0.39, 0.29) is 5.60 Å². The quantitative estimate of drug-likeness (QED) is 0.791. The Labute approximate surface area is 103 Å². The molecule has 0 spiro atoms. The molecular weight excluding hydrogens is 216 g/mol. The molecule has 2 atom stereocenters. The van der Waals surface area contributed by atoms with Gasteiger partial charge in [0.15, 0.2) is 0 Å². The maximum absolute atomic E-state index is 5.83. The SMILES string of the molecule is C[C@@H]1COC(C)(C)[C@@H]1SCc1ccccc1. The molecule has 2 rings (SSSR count). The van der Waals surface area contributed by atoms with Gasteiger partial charge >= 0.3 is 0 Å². The summed E-state index contributed by atoms with van der Waals surface area (Å²) < 4.78 is 5.83. The Morgan fingerprint density at radius 1 is 1.31 bits per heavy atom. The molecule has 1 nitrogen and oxygen atoms in total. The van der Waals surface area contributed by atoms with E-state index in [1.54, 1.807) is 0 Å². The summed E-state index contributed by atoms with van der Waals surface area (Å²) in [5.41, 5.74) is 1.43. The molecule has 2 heteroatoms. The molecule has 16 heavy (non-hydrogen) atoms. The van der Waals surface area contributed by atoms with Gasteiger partial charge in [0.2, 0.25) is 0 Å². The molecule has 0 saturated carbocycles. The van der Waals surface area contributed by atoms with Crippen LogP contribution in [0.2, 0.25) is 0 Å². The Morgan fingerprint density at radius 3 is 2.56 bits per heavy atom. The van der Waals surface area contributed by atoms with Gasteiger partial charge in [0.05, 0.1) is 12.2 Å². The van der Waals surface area contributed by atoms with Crippen molar-refractivity contribution in [1.82, 2.24) is 0 Å². The lowest BCUT2D eigenvalue weighted by molar-refractivity contribution is 0.0377. The number of thioether (sulfide) groups is 1. The van der Waals surface area contributed by atoms with Crippen LogP contribution in [-0.2, 0) is 10.5 Å². The van der Waals surface area contributed by atoms with Crippen molar-refractivity contribution >= 4 is 11.8 Å². The van der Waals surface area contributed by atoms with Crippen LogP contribution in [-0.4, -0.2) is 17.5 Å². The van der Waals surface area contributed by atoms with Crippen molar-refractivity contribution in [3.8, 4) is 0 Å². The van der Waals surface area contributed by atoms with Crippen LogP contribution in [0.25, 0.3) is 0 Å². The Hall–Kier alpha value is -0.470. The normalized spacial score (nSPS) is 28.2. The van der Waals surface area contributed by atoms with E-state index in [2.05, 4.69) is 51.1 Å². The first-order chi connectivity index (χ1) is 7.59. The third-order valence-corrected chi connectivity index (χ3v) is 5.08. The highest BCUT2D eigenvalue weighted by molar-refractivity contribution is 7.99. The molecule has 0 amide bonds. The third-order valence-electron chi connectivity index (χ3n) is 3.19. The summed E-state index contributed by atoms with van der Waals surface area (Å²) in [7, 11) is 0. The van der Waals surface area contributed by atoms with E-state index in [1.165, 1.54) is 5.56 Å². The molecule has 1 aliphatic heterocycles. The average molecular weight is 236 g/mol. The largest absolute Gasteiger partial charge is 0.374 e. The van der Waals surface area contributed by atoms with Crippen LogP contribution in [0.3, 0.4) is 0 Å². The summed E-state index contributed by atoms with van der Waals surface area (Å²) in [6.07, 6.45) is 0. The van der Waals surface area contributed by atoms with Crippen molar-refractivity contribution in [3.63, 3.8) is 0 Å². The van der Waals surface area contributed by atoms with Crippen LogP contribution in [0.15, 0.2) is 30.3 Å². The van der Waals surface area contributed by atoms with E-state index in [1.807, 2.05) is 11.8 Å². The minimum atomic E-state index is 0.0267. The van der Waals surface area contributed by atoms with E-state index in [4.69, 9.17) is 4.74 Å². The first-order valence-electron chi connectivity index (χ1n) is 5.89. The number of hydrogen-bond donors (Lipinski definition) is 0. The molecule has 0 radical (unpaired) electrons. The molecule has 1 heterocycles. The van der Waals surface area contributed by atoms with E-state index in [9.17, 15) is 0 Å². The van der Waals surface area contributed by atoms with E-state index in [0.29, 0.717) is 11.2 Å². The highest BCUT2D eigenvalue weighted by Crippen LogP contribution is 2.39. The Balaban J connectivity index is 1.95. The van der Waals surface area contributed by atoms with Gasteiger partial charge in [0.1, 0.15) is 0 Å².